The normalized spacial score (nSPS) is 16.3. The maximum Gasteiger partial charge on any atom is 0.261 e. The number of halogens is 1. The highest BCUT2D eigenvalue weighted by molar-refractivity contribution is 6.04. The molecule has 7 rings (SSSR count). The van der Waals surface area contributed by atoms with Crippen LogP contribution >= 0.6 is 0 Å². The lowest BCUT2D eigenvalue weighted by atomic mass is 9.99. The van der Waals surface area contributed by atoms with Crippen LogP contribution in [-0.2, 0) is 20.8 Å². The standard InChI is InChI=1S/C40H40FN5O7/c1-24-2-6-35(43-17-24)32-20-46(19-25-8-10-50-11-9-25)21-33(38(32)48)40(49)45-28-4-5-30(34(41)16-28)31-14-27(18-44-39(31)42)26-3-7-37(36(47)15-26)53-23-29-22-51-12-13-52-29/h2-7,14-18,20-21,25,29,47H,8-13,19,22-23H2,1H3,(H2,42,44)(H,45,49)/t29-/m0/s1. The fourth-order valence-corrected chi connectivity index (χ4v) is 6.43. The van der Waals surface area contributed by atoms with Gasteiger partial charge < -0.3 is 39.7 Å². The fraction of sp³-hybridized carbons (Fsp3) is 0.300. The van der Waals surface area contributed by atoms with Gasteiger partial charge in [0.15, 0.2) is 11.5 Å². The Morgan fingerprint density at radius 1 is 0.962 bits per heavy atom. The monoisotopic (exact) mass is 721 g/mol. The molecule has 4 N–H and O–H groups in total. The first-order valence-electron chi connectivity index (χ1n) is 17.5. The molecule has 53 heavy (non-hydrogen) atoms. The number of aromatic hydroxyl groups is 1. The lowest BCUT2D eigenvalue weighted by molar-refractivity contribution is -0.101. The average molecular weight is 722 g/mol. The predicted octanol–water partition coefficient (Wildman–Crippen LogP) is 5.85. The first-order valence-corrected chi connectivity index (χ1v) is 17.5. The van der Waals surface area contributed by atoms with Crippen molar-refractivity contribution in [2.75, 3.05) is 50.7 Å². The van der Waals surface area contributed by atoms with E-state index in [4.69, 9.17) is 24.7 Å². The molecule has 3 aromatic heterocycles. The molecule has 5 aromatic rings. The number of nitrogen functional groups attached to an aromatic ring is 1. The summed E-state index contributed by atoms with van der Waals surface area (Å²) in [5.41, 5.74) is 9.16. The number of amides is 1. The van der Waals surface area contributed by atoms with E-state index in [-0.39, 0.29) is 46.8 Å². The van der Waals surface area contributed by atoms with E-state index in [1.165, 1.54) is 30.5 Å². The lowest BCUT2D eigenvalue weighted by Gasteiger charge is -2.23. The van der Waals surface area contributed by atoms with E-state index >= 15 is 4.39 Å². The highest BCUT2D eigenvalue weighted by Gasteiger charge is 2.21. The molecule has 13 heteroatoms. The van der Waals surface area contributed by atoms with Gasteiger partial charge in [0, 0.05) is 66.9 Å². The summed E-state index contributed by atoms with van der Waals surface area (Å²) in [4.78, 5) is 36.1. The van der Waals surface area contributed by atoms with Gasteiger partial charge in [0.1, 0.15) is 29.9 Å². The number of benzene rings is 2. The number of nitrogens with two attached hydrogens (primary N) is 1. The predicted molar refractivity (Wildman–Crippen MR) is 197 cm³/mol. The minimum Gasteiger partial charge on any atom is -0.504 e. The van der Waals surface area contributed by atoms with Crippen LogP contribution in [-0.4, -0.2) is 71.3 Å². The van der Waals surface area contributed by atoms with Crippen molar-refractivity contribution in [3.63, 3.8) is 0 Å². The summed E-state index contributed by atoms with van der Waals surface area (Å²) in [5, 5.41) is 13.4. The Bertz CT molecular complexity index is 2160. The Labute approximate surface area is 305 Å². The Morgan fingerprint density at radius 2 is 1.81 bits per heavy atom. The summed E-state index contributed by atoms with van der Waals surface area (Å²) in [6, 6.07) is 14.4. The number of phenolic OH excluding ortho intramolecular Hbond substituents is 1. The highest BCUT2D eigenvalue weighted by atomic mass is 19.1. The number of anilines is 2. The molecule has 0 aliphatic carbocycles. The van der Waals surface area contributed by atoms with Crippen molar-refractivity contribution < 1.29 is 33.2 Å². The summed E-state index contributed by atoms with van der Waals surface area (Å²) in [7, 11) is 0. The van der Waals surface area contributed by atoms with Crippen LogP contribution in [0.5, 0.6) is 11.5 Å². The first kappa shape index (κ1) is 35.8. The molecule has 1 amide bonds. The summed E-state index contributed by atoms with van der Waals surface area (Å²) in [6.45, 7) is 5.51. The van der Waals surface area contributed by atoms with Crippen molar-refractivity contribution in [3.8, 4) is 45.0 Å². The lowest BCUT2D eigenvalue weighted by Crippen LogP contribution is -2.33. The van der Waals surface area contributed by atoms with Gasteiger partial charge in [0.05, 0.1) is 31.1 Å². The quantitative estimate of drug-likeness (QED) is 0.160. The third kappa shape index (κ3) is 8.38. The van der Waals surface area contributed by atoms with Gasteiger partial charge in [-0.05, 0) is 79.3 Å². The van der Waals surface area contributed by atoms with Crippen LogP contribution < -0.4 is 21.2 Å². The fourth-order valence-electron chi connectivity index (χ4n) is 6.43. The topological polar surface area (TPSA) is 160 Å². The number of aromatic nitrogens is 3. The molecule has 2 fully saturated rings. The maximum absolute atomic E-state index is 15.8. The molecular formula is C40H40FN5O7. The molecule has 2 aliphatic rings. The molecular weight excluding hydrogens is 681 g/mol. The van der Waals surface area contributed by atoms with Crippen molar-refractivity contribution in [1.82, 2.24) is 14.5 Å². The van der Waals surface area contributed by atoms with Crippen molar-refractivity contribution in [2.45, 2.75) is 32.4 Å². The second kappa shape index (κ2) is 15.9. The van der Waals surface area contributed by atoms with E-state index in [0.29, 0.717) is 73.4 Å². The van der Waals surface area contributed by atoms with Gasteiger partial charge >= 0.3 is 0 Å². The van der Waals surface area contributed by atoms with Gasteiger partial charge in [0.25, 0.3) is 5.91 Å². The molecule has 2 saturated heterocycles. The second-order valence-corrected chi connectivity index (χ2v) is 13.3. The summed E-state index contributed by atoms with van der Waals surface area (Å²) in [6.07, 6.45) is 8.01. The smallest absolute Gasteiger partial charge is 0.261 e. The molecule has 0 radical (unpaired) electrons. The van der Waals surface area contributed by atoms with Crippen molar-refractivity contribution in [3.05, 3.63) is 107 Å². The van der Waals surface area contributed by atoms with E-state index in [1.807, 2.05) is 17.6 Å². The zero-order valence-electron chi connectivity index (χ0n) is 29.2. The summed E-state index contributed by atoms with van der Waals surface area (Å²) in [5.74, 6) is -0.721. The van der Waals surface area contributed by atoms with Crippen LogP contribution in [0.25, 0.3) is 33.5 Å². The number of aryl methyl sites for hydroxylation is 1. The van der Waals surface area contributed by atoms with Crippen LogP contribution in [0.3, 0.4) is 0 Å². The number of rotatable bonds is 10. The first-order chi connectivity index (χ1) is 25.7. The van der Waals surface area contributed by atoms with Gasteiger partial charge in [-0.15, -0.1) is 0 Å². The molecule has 0 spiro atoms. The van der Waals surface area contributed by atoms with Gasteiger partial charge in [-0.1, -0.05) is 12.1 Å². The van der Waals surface area contributed by atoms with Crippen LogP contribution in [0, 0.1) is 18.7 Å². The number of hydrogen-bond acceptors (Lipinski definition) is 10. The number of pyridine rings is 3. The van der Waals surface area contributed by atoms with E-state index < -0.39 is 17.2 Å². The van der Waals surface area contributed by atoms with Crippen molar-refractivity contribution >= 4 is 17.4 Å². The molecule has 5 heterocycles. The van der Waals surface area contributed by atoms with Crippen LogP contribution in [0.15, 0.2) is 84.2 Å². The Hall–Kier alpha value is -5.63. The van der Waals surface area contributed by atoms with Gasteiger partial charge in [-0.3, -0.25) is 14.6 Å². The summed E-state index contributed by atoms with van der Waals surface area (Å²) >= 11 is 0. The second-order valence-electron chi connectivity index (χ2n) is 13.3. The number of nitrogens with zero attached hydrogens (tertiary/aromatic N) is 3. The number of phenols is 1. The van der Waals surface area contributed by atoms with E-state index in [0.717, 1.165) is 18.4 Å². The molecule has 1 atom stereocenters. The minimum absolute atomic E-state index is 0.0834. The highest BCUT2D eigenvalue weighted by Crippen LogP contribution is 2.36. The van der Waals surface area contributed by atoms with Gasteiger partial charge in [-0.2, -0.15) is 0 Å². The number of ether oxygens (including phenoxy) is 4. The SMILES string of the molecule is Cc1ccc(-c2cn(CC3CCOCC3)cc(C(=O)Nc3ccc(-c4cc(-c5ccc(OC[C@@H]6COCCO6)c(O)c5)cnc4N)c(F)c3)c2=O)nc1. The molecule has 274 valence electrons. The third-order valence-corrected chi connectivity index (χ3v) is 9.36. The molecule has 0 saturated carbocycles. The molecule has 12 nitrogen and oxygen atoms in total. The summed E-state index contributed by atoms with van der Waals surface area (Å²) < 4.78 is 39.9. The van der Waals surface area contributed by atoms with Crippen LogP contribution in [0.4, 0.5) is 15.9 Å². The zero-order valence-corrected chi connectivity index (χ0v) is 29.2. The molecule has 2 aromatic carbocycles. The van der Waals surface area contributed by atoms with Crippen LogP contribution in [0.2, 0.25) is 0 Å². The third-order valence-electron chi connectivity index (χ3n) is 9.36. The minimum atomic E-state index is -0.674. The molecule has 0 unspecified atom stereocenters. The van der Waals surface area contributed by atoms with Crippen molar-refractivity contribution in [2.24, 2.45) is 5.92 Å². The van der Waals surface area contributed by atoms with Crippen molar-refractivity contribution in [1.29, 1.82) is 0 Å². The zero-order chi connectivity index (χ0) is 36.9. The largest absolute Gasteiger partial charge is 0.504 e. The van der Waals surface area contributed by atoms with E-state index in [9.17, 15) is 14.7 Å². The van der Waals surface area contributed by atoms with Gasteiger partial charge in [-0.25, -0.2) is 9.37 Å². The van der Waals surface area contributed by atoms with E-state index in [1.54, 1.807) is 42.9 Å². The van der Waals surface area contributed by atoms with Crippen LogP contribution in [0.1, 0.15) is 28.8 Å². The molecule has 0 bridgehead atoms. The average Bonchev–Trinajstić information content (AvgIpc) is 3.16. The Morgan fingerprint density at radius 3 is 2.55 bits per heavy atom. The Balaban J connectivity index is 1.11. The molecule has 2 aliphatic heterocycles. The number of nitrogens with one attached hydrogen (secondary N) is 1. The van der Waals surface area contributed by atoms with E-state index in [2.05, 4.69) is 15.3 Å². The number of hydrogen-bond donors (Lipinski definition) is 3. The maximum atomic E-state index is 15.8. The van der Waals surface area contributed by atoms with Gasteiger partial charge in [0.2, 0.25) is 5.43 Å². The Kier molecular flexibility index (Phi) is 10.8. The number of carbonyl (C=O) groups is 1. The number of carbonyl (C=O) groups excluding carboxylic acids is 1.